The predicted octanol–water partition coefficient (Wildman–Crippen LogP) is 1.94. The molecule has 2 aromatic rings. The van der Waals surface area contributed by atoms with Crippen LogP contribution in [0.4, 0.5) is 0 Å². The topological polar surface area (TPSA) is 76.7 Å². The Morgan fingerprint density at radius 2 is 1.38 bits per heavy atom. The summed E-state index contributed by atoms with van der Waals surface area (Å²) >= 11 is 0. The van der Waals surface area contributed by atoms with Gasteiger partial charge in [0, 0.05) is 13.1 Å². The van der Waals surface area contributed by atoms with E-state index >= 15 is 0 Å². The molecule has 6 heteroatoms. The standard InChI is InChI=1S/C20H24N2O4/c1-2-25-17-8-10-18(11-9-17)26-15-20(24)22-13-12-21-19(23)14-16-6-4-3-5-7-16/h3-11H,2,12-15H2,1H3,(H,21,23)(H,22,24). The van der Waals surface area contributed by atoms with Gasteiger partial charge in [0.25, 0.3) is 5.91 Å². The lowest BCUT2D eigenvalue weighted by Gasteiger charge is -2.09. The van der Waals surface area contributed by atoms with Crippen LogP contribution in [-0.4, -0.2) is 38.1 Å². The highest BCUT2D eigenvalue weighted by atomic mass is 16.5. The van der Waals surface area contributed by atoms with E-state index in [1.165, 1.54) is 0 Å². The monoisotopic (exact) mass is 356 g/mol. The Hall–Kier alpha value is -3.02. The maximum absolute atomic E-state index is 11.8. The first-order valence-corrected chi connectivity index (χ1v) is 8.60. The molecule has 2 aromatic carbocycles. The normalized spacial score (nSPS) is 10.0. The number of benzene rings is 2. The zero-order valence-electron chi connectivity index (χ0n) is 14.9. The zero-order valence-corrected chi connectivity index (χ0v) is 14.9. The summed E-state index contributed by atoms with van der Waals surface area (Å²) in [6.45, 7) is 3.17. The SMILES string of the molecule is CCOc1ccc(OCC(=O)NCCNC(=O)Cc2ccccc2)cc1. The third kappa shape index (κ3) is 7.25. The van der Waals surface area contributed by atoms with Crippen LogP contribution in [0, 0.1) is 0 Å². The number of amides is 2. The number of ether oxygens (including phenoxy) is 2. The zero-order chi connectivity index (χ0) is 18.6. The van der Waals surface area contributed by atoms with Gasteiger partial charge in [-0.15, -0.1) is 0 Å². The van der Waals surface area contributed by atoms with E-state index < -0.39 is 0 Å². The first-order chi connectivity index (χ1) is 12.7. The fourth-order valence-corrected chi connectivity index (χ4v) is 2.25. The van der Waals surface area contributed by atoms with Crippen molar-refractivity contribution in [3.05, 3.63) is 60.2 Å². The van der Waals surface area contributed by atoms with Crippen LogP contribution >= 0.6 is 0 Å². The Bertz CT molecular complexity index is 687. The van der Waals surface area contributed by atoms with Gasteiger partial charge in [-0.3, -0.25) is 9.59 Å². The Morgan fingerprint density at radius 3 is 2.00 bits per heavy atom. The van der Waals surface area contributed by atoms with E-state index in [4.69, 9.17) is 9.47 Å². The van der Waals surface area contributed by atoms with E-state index in [1.54, 1.807) is 24.3 Å². The van der Waals surface area contributed by atoms with E-state index in [-0.39, 0.29) is 18.4 Å². The highest BCUT2D eigenvalue weighted by Crippen LogP contribution is 2.17. The highest BCUT2D eigenvalue weighted by Gasteiger charge is 2.05. The smallest absolute Gasteiger partial charge is 0.258 e. The van der Waals surface area contributed by atoms with Crippen LogP contribution < -0.4 is 20.1 Å². The van der Waals surface area contributed by atoms with Gasteiger partial charge in [-0.25, -0.2) is 0 Å². The molecule has 6 nitrogen and oxygen atoms in total. The summed E-state index contributed by atoms with van der Waals surface area (Å²) in [5.74, 6) is 1.04. The van der Waals surface area contributed by atoms with Gasteiger partial charge in [-0.2, -0.15) is 0 Å². The van der Waals surface area contributed by atoms with Gasteiger partial charge in [-0.05, 0) is 36.8 Å². The number of carbonyl (C=O) groups excluding carboxylic acids is 2. The van der Waals surface area contributed by atoms with Crippen molar-refractivity contribution in [3.63, 3.8) is 0 Å². The van der Waals surface area contributed by atoms with E-state index in [0.717, 1.165) is 11.3 Å². The molecule has 0 atom stereocenters. The number of nitrogens with one attached hydrogen (secondary N) is 2. The number of carbonyl (C=O) groups is 2. The minimum absolute atomic E-state index is 0.0731. The van der Waals surface area contributed by atoms with Crippen LogP contribution in [0.25, 0.3) is 0 Å². The summed E-state index contributed by atoms with van der Waals surface area (Å²) in [7, 11) is 0. The average molecular weight is 356 g/mol. The largest absolute Gasteiger partial charge is 0.494 e. The first-order valence-electron chi connectivity index (χ1n) is 8.60. The first kappa shape index (κ1) is 19.3. The second kappa shape index (κ2) is 10.8. The van der Waals surface area contributed by atoms with Gasteiger partial charge in [-0.1, -0.05) is 30.3 Å². The van der Waals surface area contributed by atoms with Crippen LogP contribution in [-0.2, 0) is 16.0 Å². The molecule has 0 aliphatic carbocycles. The van der Waals surface area contributed by atoms with E-state index in [9.17, 15) is 9.59 Å². The molecule has 0 heterocycles. The van der Waals surface area contributed by atoms with Crippen LogP contribution in [0.2, 0.25) is 0 Å². The summed E-state index contributed by atoms with van der Waals surface area (Å²) in [5, 5.41) is 5.47. The molecule has 0 saturated carbocycles. The lowest BCUT2D eigenvalue weighted by atomic mass is 10.1. The lowest BCUT2D eigenvalue weighted by Crippen LogP contribution is -2.37. The molecule has 138 valence electrons. The Balaban J connectivity index is 1.58. The van der Waals surface area contributed by atoms with E-state index in [0.29, 0.717) is 31.9 Å². The molecule has 2 amide bonds. The van der Waals surface area contributed by atoms with Crippen molar-refractivity contribution >= 4 is 11.8 Å². The molecule has 0 radical (unpaired) electrons. The van der Waals surface area contributed by atoms with Crippen LogP contribution in [0.15, 0.2) is 54.6 Å². The molecule has 0 fully saturated rings. The second-order valence-electron chi connectivity index (χ2n) is 5.56. The average Bonchev–Trinajstić information content (AvgIpc) is 2.66. The predicted molar refractivity (Wildman–Crippen MR) is 99.3 cm³/mol. The van der Waals surface area contributed by atoms with Gasteiger partial charge in [0.2, 0.25) is 5.91 Å². The third-order valence-electron chi connectivity index (χ3n) is 3.48. The highest BCUT2D eigenvalue weighted by molar-refractivity contribution is 5.79. The second-order valence-corrected chi connectivity index (χ2v) is 5.56. The minimum Gasteiger partial charge on any atom is -0.494 e. The molecule has 2 rings (SSSR count). The van der Waals surface area contributed by atoms with Crippen LogP contribution in [0.3, 0.4) is 0 Å². The van der Waals surface area contributed by atoms with Crippen LogP contribution in [0.5, 0.6) is 11.5 Å². The van der Waals surface area contributed by atoms with Crippen molar-refractivity contribution in [2.75, 3.05) is 26.3 Å². The van der Waals surface area contributed by atoms with E-state index in [1.807, 2.05) is 37.3 Å². The van der Waals surface area contributed by atoms with Crippen molar-refractivity contribution in [1.29, 1.82) is 0 Å². The molecule has 0 unspecified atom stereocenters. The van der Waals surface area contributed by atoms with Crippen molar-refractivity contribution in [2.24, 2.45) is 0 Å². The maximum atomic E-state index is 11.8. The third-order valence-corrected chi connectivity index (χ3v) is 3.48. The van der Waals surface area contributed by atoms with Crippen molar-refractivity contribution in [1.82, 2.24) is 10.6 Å². The molecule has 0 spiro atoms. The van der Waals surface area contributed by atoms with Crippen molar-refractivity contribution in [2.45, 2.75) is 13.3 Å². The number of hydrogen-bond acceptors (Lipinski definition) is 4. The fourth-order valence-electron chi connectivity index (χ4n) is 2.25. The summed E-state index contributed by atoms with van der Waals surface area (Å²) < 4.78 is 10.7. The molecular formula is C20H24N2O4. The summed E-state index contributed by atoms with van der Waals surface area (Å²) in [6.07, 6.45) is 0.329. The summed E-state index contributed by atoms with van der Waals surface area (Å²) in [4.78, 5) is 23.5. The maximum Gasteiger partial charge on any atom is 0.258 e. The van der Waals surface area contributed by atoms with Crippen molar-refractivity contribution in [3.8, 4) is 11.5 Å². The molecule has 0 aliphatic rings. The Kier molecular flexibility index (Phi) is 7.99. The fraction of sp³-hybridized carbons (Fsp3) is 0.300. The molecule has 0 aliphatic heterocycles. The Labute approximate surface area is 153 Å². The molecule has 0 bridgehead atoms. The van der Waals surface area contributed by atoms with Gasteiger partial charge < -0.3 is 20.1 Å². The van der Waals surface area contributed by atoms with Crippen LogP contribution in [0.1, 0.15) is 12.5 Å². The quantitative estimate of drug-likeness (QED) is 0.638. The minimum atomic E-state index is -0.240. The number of rotatable bonds is 10. The van der Waals surface area contributed by atoms with Gasteiger partial charge in [0.1, 0.15) is 11.5 Å². The Morgan fingerprint density at radius 1 is 0.808 bits per heavy atom. The number of hydrogen-bond donors (Lipinski definition) is 2. The lowest BCUT2D eigenvalue weighted by molar-refractivity contribution is -0.124. The molecule has 0 saturated heterocycles. The van der Waals surface area contributed by atoms with Gasteiger partial charge in [0.15, 0.2) is 6.61 Å². The molecule has 0 aromatic heterocycles. The molecule has 26 heavy (non-hydrogen) atoms. The van der Waals surface area contributed by atoms with Gasteiger partial charge >= 0.3 is 0 Å². The molecule has 2 N–H and O–H groups in total. The van der Waals surface area contributed by atoms with Crippen molar-refractivity contribution < 1.29 is 19.1 Å². The van der Waals surface area contributed by atoms with E-state index in [2.05, 4.69) is 10.6 Å². The summed E-state index contributed by atoms with van der Waals surface area (Å²) in [6, 6.07) is 16.6. The van der Waals surface area contributed by atoms with Gasteiger partial charge in [0.05, 0.1) is 13.0 Å². The summed E-state index contributed by atoms with van der Waals surface area (Å²) in [5.41, 5.74) is 0.956. The molecular weight excluding hydrogens is 332 g/mol.